The van der Waals surface area contributed by atoms with E-state index >= 15 is 0 Å². The van der Waals surface area contributed by atoms with Gasteiger partial charge in [0.05, 0.1) is 0 Å². The van der Waals surface area contributed by atoms with Gasteiger partial charge in [0.1, 0.15) is 23.1 Å². The number of nitrogens with two attached hydrogens (primary N) is 2. The maximum Gasteiger partial charge on any atom is 0.128 e. The molecule has 0 amide bonds. The summed E-state index contributed by atoms with van der Waals surface area (Å²) in [6.07, 6.45) is 0.946. The van der Waals surface area contributed by atoms with Gasteiger partial charge in [-0.2, -0.15) is 5.26 Å². The van der Waals surface area contributed by atoms with Crippen LogP contribution in [0, 0.1) is 16.7 Å². The van der Waals surface area contributed by atoms with Gasteiger partial charge in [0.15, 0.2) is 0 Å². The predicted molar refractivity (Wildman–Crippen MR) is 74.6 cm³/mol. The van der Waals surface area contributed by atoms with Gasteiger partial charge in [-0.1, -0.05) is 17.7 Å². The van der Waals surface area contributed by atoms with E-state index in [1.807, 2.05) is 6.07 Å². The molecule has 2 rings (SSSR count). The average molecular weight is 277 g/mol. The van der Waals surface area contributed by atoms with Gasteiger partial charge in [0.25, 0.3) is 0 Å². The van der Waals surface area contributed by atoms with Gasteiger partial charge in [-0.3, -0.25) is 0 Å². The average Bonchev–Trinajstić information content (AvgIpc) is 2.39. The fraction of sp³-hybridized carbons (Fsp3) is 0.167. The van der Waals surface area contributed by atoms with Crippen LogP contribution in [0.15, 0.2) is 29.6 Å². The maximum absolute atomic E-state index is 8.99. The van der Waals surface area contributed by atoms with Crippen molar-refractivity contribution >= 4 is 23.5 Å². The molecule has 0 fully saturated rings. The number of nitriles is 1. The van der Waals surface area contributed by atoms with Crippen molar-refractivity contribution in [2.24, 2.45) is 11.5 Å². The van der Waals surface area contributed by atoms with E-state index in [-0.39, 0.29) is 12.1 Å². The highest BCUT2D eigenvalue weighted by molar-refractivity contribution is 6.30. The van der Waals surface area contributed by atoms with Gasteiger partial charge in [-0.15, -0.1) is 0 Å². The fourth-order valence-corrected chi connectivity index (χ4v) is 2.09. The number of anilines is 1. The zero-order chi connectivity index (χ0) is 14.0. The molecule has 0 aliphatic carbocycles. The molecule has 19 heavy (non-hydrogen) atoms. The van der Waals surface area contributed by atoms with Crippen LogP contribution in [0.25, 0.3) is 0 Å². The smallest absolute Gasteiger partial charge is 0.128 e. The summed E-state index contributed by atoms with van der Waals surface area (Å²) in [5.74, 6) is 0.347. The third kappa shape index (κ3) is 2.27. The summed E-state index contributed by atoms with van der Waals surface area (Å²) in [7, 11) is 0. The highest BCUT2D eigenvalue weighted by Gasteiger charge is 2.34. The van der Waals surface area contributed by atoms with Crippen LogP contribution in [0.1, 0.15) is 5.56 Å². The van der Waals surface area contributed by atoms with Gasteiger partial charge in [-0.05, 0) is 12.1 Å². The predicted octanol–water partition coefficient (Wildman–Crippen LogP) is 0.810. The standard InChI is InChI=1S/C12H13ClN6/c13-8-1-2-9-10(3-8)18-11(7(4-14)5-15)19-12(9,17)6-16/h1-4,14,18-19H,6,16-17H2/b11-7-,14-4?. The van der Waals surface area contributed by atoms with Crippen LogP contribution >= 0.6 is 11.6 Å². The van der Waals surface area contributed by atoms with Crippen molar-refractivity contribution in [1.82, 2.24) is 5.32 Å². The molecule has 98 valence electrons. The number of allylic oxidation sites excluding steroid dienone is 1. The molecule has 1 atom stereocenters. The number of fused-ring (bicyclic) bond motifs is 1. The van der Waals surface area contributed by atoms with Crippen molar-refractivity contribution in [2.75, 3.05) is 11.9 Å². The molecule has 7 heteroatoms. The Morgan fingerprint density at radius 1 is 1.58 bits per heavy atom. The van der Waals surface area contributed by atoms with E-state index in [0.717, 1.165) is 11.8 Å². The zero-order valence-corrected chi connectivity index (χ0v) is 10.8. The summed E-state index contributed by atoms with van der Waals surface area (Å²) in [6, 6.07) is 7.11. The number of benzene rings is 1. The van der Waals surface area contributed by atoms with E-state index in [1.165, 1.54) is 0 Å². The number of halogens is 1. The summed E-state index contributed by atoms with van der Waals surface area (Å²) in [6.45, 7) is 0.128. The lowest BCUT2D eigenvalue weighted by molar-refractivity contribution is 0.384. The van der Waals surface area contributed by atoms with Gasteiger partial charge >= 0.3 is 0 Å². The zero-order valence-electron chi connectivity index (χ0n) is 10.00. The molecule has 1 heterocycles. The molecule has 0 saturated carbocycles. The molecule has 1 aliphatic heterocycles. The summed E-state index contributed by atoms with van der Waals surface area (Å²) >= 11 is 5.95. The van der Waals surface area contributed by atoms with Crippen LogP contribution in [0.3, 0.4) is 0 Å². The lowest BCUT2D eigenvalue weighted by atomic mass is 9.95. The third-order valence-corrected chi connectivity index (χ3v) is 3.16. The fourth-order valence-electron chi connectivity index (χ4n) is 1.92. The lowest BCUT2D eigenvalue weighted by Gasteiger charge is -2.38. The Kier molecular flexibility index (Phi) is 3.44. The first kappa shape index (κ1) is 13.4. The van der Waals surface area contributed by atoms with Crippen molar-refractivity contribution in [3.8, 4) is 6.07 Å². The van der Waals surface area contributed by atoms with Crippen LogP contribution in [0.5, 0.6) is 0 Å². The van der Waals surface area contributed by atoms with Crippen LogP contribution < -0.4 is 22.1 Å². The molecule has 1 unspecified atom stereocenters. The van der Waals surface area contributed by atoms with Crippen LogP contribution in [-0.4, -0.2) is 12.8 Å². The first-order valence-electron chi connectivity index (χ1n) is 5.53. The SMILES string of the molecule is N#C/C(C=N)=C1/Nc2cc(Cl)ccc2C(N)(CN)N1. The minimum Gasteiger partial charge on any atom is -0.348 e. The Morgan fingerprint density at radius 3 is 2.89 bits per heavy atom. The molecule has 0 spiro atoms. The Morgan fingerprint density at radius 2 is 2.32 bits per heavy atom. The second-order valence-electron chi connectivity index (χ2n) is 4.16. The van der Waals surface area contributed by atoms with E-state index in [4.69, 9.17) is 33.7 Å². The second kappa shape index (κ2) is 4.90. The first-order valence-corrected chi connectivity index (χ1v) is 5.91. The normalized spacial score (nSPS) is 23.5. The van der Waals surface area contributed by atoms with Crippen molar-refractivity contribution in [3.05, 3.63) is 40.2 Å². The van der Waals surface area contributed by atoms with Crippen LogP contribution in [0.2, 0.25) is 5.02 Å². The van der Waals surface area contributed by atoms with E-state index in [9.17, 15) is 0 Å². The molecule has 7 N–H and O–H groups in total. The monoisotopic (exact) mass is 276 g/mol. The lowest BCUT2D eigenvalue weighted by Crippen LogP contribution is -2.58. The van der Waals surface area contributed by atoms with Crippen LogP contribution in [0.4, 0.5) is 5.69 Å². The maximum atomic E-state index is 8.99. The highest BCUT2D eigenvalue weighted by Crippen LogP contribution is 2.32. The highest BCUT2D eigenvalue weighted by atomic mass is 35.5. The second-order valence-corrected chi connectivity index (χ2v) is 4.60. The molecule has 1 aromatic rings. The van der Waals surface area contributed by atoms with Gasteiger partial charge in [0.2, 0.25) is 0 Å². The Balaban J connectivity index is 2.61. The number of nitrogens with one attached hydrogen (secondary N) is 3. The van der Waals surface area contributed by atoms with Gasteiger partial charge in [0, 0.05) is 29.0 Å². The molecular weight excluding hydrogens is 264 g/mol. The Labute approximate surface area is 115 Å². The number of rotatable bonds is 2. The Hall–Kier alpha value is -2.07. The molecule has 0 saturated heterocycles. The quantitative estimate of drug-likeness (QED) is 0.404. The number of hydrogen-bond acceptors (Lipinski definition) is 6. The molecule has 0 bridgehead atoms. The van der Waals surface area contributed by atoms with E-state index in [1.54, 1.807) is 18.2 Å². The van der Waals surface area contributed by atoms with E-state index in [0.29, 0.717) is 16.5 Å². The summed E-state index contributed by atoms with van der Waals surface area (Å²) < 4.78 is 0. The summed E-state index contributed by atoms with van der Waals surface area (Å²) in [4.78, 5) is 0. The largest absolute Gasteiger partial charge is 0.348 e. The molecule has 0 radical (unpaired) electrons. The molecule has 0 aromatic heterocycles. The van der Waals surface area contributed by atoms with E-state index < -0.39 is 5.66 Å². The van der Waals surface area contributed by atoms with E-state index in [2.05, 4.69) is 10.6 Å². The van der Waals surface area contributed by atoms with Crippen molar-refractivity contribution in [2.45, 2.75) is 5.66 Å². The van der Waals surface area contributed by atoms with Gasteiger partial charge in [-0.25, -0.2) is 0 Å². The minimum atomic E-state index is -1.01. The molecule has 1 aliphatic rings. The van der Waals surface area contributed by atoms with Crippen molar-refractivity contribution in [1.29, 1.82) is 10.7 Å². The number of hydrogen-bond donors (Lipinski definition) is 5. The third-order valence-electron chi connectivity index (χ3n) is 2.93. The van der Waals surface area contributed by atoms with Crippen LogP contribution in [-0.2, 0) is 5.66 Å². The topological polar surface area (TPSA) is 124 Å². The van der Waals surface area contributed by atoms with Crippen molar-refractivity contribution < 1.29 is 0 Å². The summed E-state index contributed by atoms with van der Waals surface area (Å²) in [5.41, 5.74) is 12.5. The molecular formula is C12H13ClN6. The number of nitrogens with zero attached hydrogens (tertiary/aromatic N) is 1. The molecule has 1 aromatic carbocycles. The Bertz CT molecular complexity index is 603. The first-order chi connectivity index (χ1) is 9.04. The molecule has 6 nitrogen and oxygen atoms in total. The van der Waals surface area contributed by atoms with Crippen molar-refractivity contribution in [3.63, 3.8) is 0 Å². The summed E-state index contributed by atoms with van der Waals surface area (Å²) in [5, 5.41) is 22.7. The minimum absolute atomic E-state index is 0.128. The van der Waals surface area contributed by atoms with Gasteiger partial charge < -0.3 is 27.5 Å².